The number of methoxy groups -OCH3 is 1. The van der Waals surface area contributed by atoms with E-state index in [1.165, 1.54) is 18.9 Å². The number of hydrogen-bond donors (Lipinski definition) is 0. The summed E-state index contributed by atoms with van der Waals surface area (Å²) < 4.78 is 5.22. The van der Waals surface area contributed by atoms with Crippen LogP contribution < -0.4 is 0 Å². The van der Waals surface area contributed by atoms with E-state index in [1.807, 2.05) is 91.9 Å². The first-order chi connectivity index (χ1) is 13.9. The molecule has 0 spiro atoms. The van der Waals surface area contributed by atoms with E-state index in [2.05, 4.69) is 0 Å². The van der Waals surface area contributed by atoms with Crippen LogP contribution in [0.25, 0.3) is 0 Å². The Bertz CT molecular complexity index is 987. The van der Waals surface area contributed by atoms with Crippen LogP contribution in [0.5, 0.6) is 0 Å². The van der Waals surface area contributed by atoms with Crippen molar-refractivity contribution < 1.29 is 9.53 Å². The van der Waals surface area contributed by atoms with Crippen LogP contribution >= 0.6 is 11.8 Å². The van der Waals surface area contributed by atoms with E-state index in [1.54, 1.807) is 0 Å². The molecule has 0 atom stereocenters. The molecule has 0 amide bonds. The predicted octanol–water partition coefficient (Wildman–Crippen LogP) is 4.21. The van der Waals surface area contributed by atoms with Gasteiger partial charge in [-0.05, 0) is 31.2 Å². The van der Waals surface area contributed by atoms with Gasteiger partial charge in [-0.25, -0.2) is 14.8 Å². The number of benzene rings is 2. The summed E-state index contributed by atoms with van der Waals surface area (Å²) in [5.74, 6) is 0.382. The molecule has 0 radical (unpaired) electrons. The lowest BCUT2D eigenvalue weighted by Gasteiger charge is -2.38. The van der Waals surface area contributed by atoms with E-state index in [0.29, 0.717) is 5.57 Å². The number of nitrogens with zero attached hydrogens (tertiary/aromatic N) is 3. The lowest BCUT2D eigenvalue weighted by Crippen LogP contribution is -2.48. The first-order valence-electron chi connectivity index (χ1n) is 9.39. The van der Waals surface area contributed by atoms with Crippen molar-refractivity contribution >= 4 is 28.7 Å². The molecule has 2 aromatic carbocycles. The molecule has 2 heterocycles. The normalized spacial score (nSPS) is 19.0. The summed E-state index contributed by atoms with van der Waals surface area (Å²) in [5, 5.41) is 0.801. The summed E-state index contributed by atoms with van der Waals surface area (Å²) >= 11 is 1.54. The molecule has 148 valence electrons. The molecular weight excluding hydrogens is 382 g/mol. The van der Waals surface area contributed by atoms with Crippen molar-refractivity contribution in [2.45, 2.75) is 24.9 Å². The molecule has 0 aromatic heterocycles. The Morgan fingerprint density at radius 1 is 0.966 bits per heavy atom. The molecule has 29 heavy (non-hydrogen) atoms. The van der Waals surface area contributed by atoms with E-state index in [-0.39, 0.29) is 5.97 Å². The van der Waals surface area contributed by atoms with Crippen LogP contribution in [-0.4, -0.2) is 40.9 Å². The number of fused-ring (bicyclic) bond motifs is 1. The van der Waals surface area contributed by atoms with E-state index in [4.69, 9.17) is 14.7 Å². The number of esters is 1. The highest BCUT2D eigenvalue weighted by atomic mass is 32.2. The van der Waals surface area contributed by atoms with Gasteiger partial charge in [-0.3, -0.25) is 4.90 Å². The number of hydrogen-bond acceptors (Lipinski definition) is 6. The van der Waals surface area contributed by atoms with E-state index in [0.717, 1.165) is 22.1 Å². The Morgan fingerprint density at radius 2 is 1.52 bits per heavy atom. The molecule has 2 aliphatic heterocycles. The Hall–Kier alpha value is -2.86. The number of aliphatic imine (C=N–C) groups is 2. The fraction of sp³-hybridized carbons (Fsp3) is 0.261. The number of rotatable bonds is 3. The van der Waals surface area contributed by atoms with Crippen LogP contribution in [0.4, 0.5) is 0 Å². The van der Waals surface area contributed by atoms with Gasteiger partial charge in [0.1, 0.15) is 16.9 Å². The van der Waals surface area contributed by atoms with Gasteiger partial charge < -0.3 is 4.74 Å². The lowest BCUT2D eigenvalue weighted by molar-refractivity contribution is -0.136. The van der Waals surface area contributed by atoms with Crippen molar-refractivity contribution in [2.24, 2.45) is 9.98 Å². The molecule has 2 aromatic rings. The second-order valence-electron chi connectivity index (χ2n) is 7.41. The summed E-state index contributed by atoms with van der Waals surface area (Å²) in [7, 11) is 1.41. The van der Waals surface area contributed by atoms with Gasteiger partial charge in [-0.1, -0.05) is 72.4 Å². The molecule has 6 heteroatoms. The standard InChI is InChI=1S/C23H23N3O2S/c1-22(2)24-20-23(16-11-7-5-8-12-16,17-13-9-6-10-14-17)18(19(27)28-3)15-26(20)21(25-22)29-4/h5-15H,1-4H3. The van der Waals surface area contributed by atoms with Crippen molar-refractivity contribution in [3.8, 4) is 0 Å². The van der Waals surface area contributed by atoms with Gasteiger partial charge in [-0.2, -0.15) is 0 Å². The second kappa shape index (κ2) is 7.19. The predicted molar refractivity (Wildman–Crippen MR) is 118 cm³/mol. The van der Waals surface area contributed by atoms with Gasteiger partial charge in [0.05, 0.1) is 12.7 Å². The molecule has 0 unspecified atom stereocenters. The molecule has 0 fully saturated rings. The smallest absolute Gasteiger partial charge is 0.336 e. The Balaban J connectivity index is 2.11. The van der Waals surface area contributed by atoms with Crippen LogP contribution in [0.3, 0.4) is 0 Å². The first-order valence-corrected chi connectivity index (χ1v) is 10.6. The summed E-state index contributed by atoms with van der Waals surface area (Å²) in [6.45, 7) is 3.95. The van der Waals surface area contributed by atoms with Crippen molar-refractivity contribution in [1.82, 2.24) is 4.90 Å². The minimum atomic E-state index is -0.885. The maximum atomic E-state index is 13.1. The molecule has 0 aliphatic carbocycles. The number of ether oxygens (including phenoxy) is 1. The van der Waals surface area contributed by atoms with Crippen LogP contribution in [0.15, 0.2) is 82.4 Å². The fourth-order valence-corrected chi connectivity index (χ4v) is 4.67. The Kier molecular flexibility index (Phi) is 4.82. The van der Waals surface area contributed by atoms with Gasteiger partial charge in [0.25, 0.3) is 0 Å². The maximum absolute atomic E-state index is 13.1. The zero-order chi connectivity index (χ0) is 20.6. The van der Waals surface area contributed by atoms with Crippen molar-refractivity contribution in [3.05, 3.63) is 83.6 Å². The quantitative estimate of drug-likeness (QED) is 0.718. The average Bonchev–Trinajstić information content (AvgIpc) is 3.08. The number of thioether (sulfide) groups is 1. The van der Waals surface area contributed by atoms with E-state index >= 15 is 0 Å². The number of amidine groups is 2. The molecule has 0 N–H and O–H groups in total. The van der Waals surface area contributed by atoms with Gasteiger partial charge in [0, 0.05) is 6.20 Å². The Morgan fingerprint density at radius 3 is 2.00 bits per heavy atom. The summed E-state index contributed by atoms with van der Waals surface area (Å²) in [6, 6.07) is 20.0. The van der Waals surface area contributed by atoms with E-state index < -0.39 is 11.1 Å². The first kappa shape index (κ1) is 19.5. The van der Waals surface area contributed by atoms with Gasteiger partial charge in [-0.15, -0.1) is 0 Å². The average molecular weight is 406 g/mol. The summed E-state index contributed by atoms with van der Waals surface area (Å²) in [6.07, 6.45) is 3.81. The minimum absolute atomic E-state index is 0.381. The molecule has 5 nitrogen and oxygen atoms in total. The second-order valence-corrected chi connectivity index (χ2v) is 8.19. The molecular formula is C23H23N3O2S. The highest BCUT2D eigenvalue weighted by Crippen LogP contribution is 2.48. The maximum Gasteiger partial charge on any atom is 0.336 e. The topological polar surface area (TPSA) is 54.3 Å². The third-order valence-electron chi connectivity index (χ3n) is 5.18. The number of carbonyl (C=O) groups is 1. The summed E-state index contributed by atoms with van der Waals surface area (Å²) in [4.78, 5) is 24.8. The van der Waals surface area contributed by atoms with Crippen molar-refractivity contribution in [1.29, 1.82) is 0 Å². The summed E-state index contributed by atoms with van der Waals surface area (Å²) in [5.41, 5.74) is 0.919. The van der Waals surface area contributed by atoms with Crippen LogP contribution in [0, 0.1) is 0 Å². The monoisotopic (exact) mass is 405 g/mol. The third kappa shape index (κ3) is 2.99. The molecule has 0 bridgehead atoms. The highest BCUT2D eigenvalue weighted by Gasteiger charge is 2.55. The minimum Gasteiger partial charge on any atom is -0.466 e. The molecule has 4 rings (SSSR count). The van der Waals surface area contributed by atoms with Crippen LogP contribution in [0.2, 0.25) is 0 Å². The van der Waals surface area contributed by atoms with E-state index in [9.17, 15) is 4.79 Å². The number of carbonyl (C=O) groups excluding carboxylic acids is 1. The molecule has 2 aliphatic rings. The molecule has 0 saturated heterocycles. The van der Waals surface area contributed by atoms with Crippen molar-refractivity contribution in [2.75, 3.05) is 13.4 Å². The van der Waals surface area contributed by atoms with Crippen LogP contribution in [0.1, 0.15) is 25.0 Å². The van der Waals surface area contributed by atoms with Crippen LogP contribution in [-0.2, 0) is 14.9 Å². The lowest BCUT2D eigenvalue weighted by atomic mass is 9.69. The van der Waals surface area contributed by atoms with Crippen molar-refractivity contribution in [3.63, 3.8) is 0 Å². The third-order valence-corrected chi connectivity index (χ3v) is 5.84. The highest BCUT2D eigenvalue weighted by molar-refractivity contribution is 8.13. The SMILES string of the molecule is COC(=O)C1=CN2C(SC)=NC(C)(C)N=C2C1(c1ccccc1)c1ccccc1. The Labute approximate surface area is 175 Å². The molecule has 0 saturated carbocycles. The van der Waals surface area contributed by atoms with Gasteiger partial charge >= 0.3 is 5.97 Å². The zero-order valence-electron chi connectivity index (χ0n) is 16.9. The van der Waals surface area contributed by atoms with Gasteiger partial charge in [0.15, 0.2) is 5.17 Å². The fourth-order valence-electron chi connectivity index (χ4n) is 4.02. The van der Waals surface area contributed by atoms with Gasteiger partial charge in [0.2, 0.25) is 0 Å². The largest absolute Gasteiger partial charge is 0.466 e. The zero-order valence-corrected chi connectivity index (χ0v) is 17.7.